The first-order valence-corrected chi connectivity index (χ1v) is 10.6. The van der Waals surface area contributed by atoms with Gasteiger partial charge in [-0.2, -0.15) is 0 Å². The number of aromatic nitrogens is 2. The van der Waals surface area contributed by atoms with E-state index in [1.165, 1.54) is 33.7 Å². The van der Waals surface area contributed by atoms with Crippen LogP contribution in [-0.2, 0) is 16.1 Å². The highest BCUT2D eigenvalue weighted by Crippen LogP contribution is 2.38. The van der Waals surface area contributed by atoms with Gasteiger partial charge in [0.05, 0.1) is 23.9 Å². The number of phenolic OH excluding ortho intramolecular Hbond substituents is 2. The zero-order valence-electron chi connectivity index (χ0n) is 17.7. The Hall–Kier alpha value is -4.08. The number of fused-ring (bicyclic) bond motifs is 1. The van der Waals surface area contributed by atoms with Crippen LogP contribution in [0.5, 0.6) is 11.5 Å². The van der Waals surface area contributed by atoms with Crippen molar-refractivity contribution in [1.82, 2.24) is 14.5 Å². The number of phenols is 2. The SMILES string of the molecule is O=C(Cn1c(=O)ccc2ccncc21)N1CCC2(CC1)CN(c1ccc(O)c(O)c1)C(=O)O2. The molecular weight excluding hydrogens is 428 g/mol. The highest BCUT2D eigenvalue weighted by Gasteiger charge is 2.48. The van der Waals surface area contributed by atoms with Crippen molar-refractivity contribution in [3.63, 3.8) is 0 Å². The molecule has 2 saturated heterocycles. The van der Waals surface area contributed by atoms with E-state index in [1.54, 1.807) is 29.4 Å². The number of aromatic hydroxyl groups is 2. The van der Waals surface area contributed by atoms with Crippen LogP contribution in [0.2, 0.25) is 0 Å². The van der Waals surface area contributed by atoms with Crippen LogP contribution in [0.3, 0.4) is 0 Å². The number of hydrogen-bond acceptors (Lipinski definition) is 7. The van der Waals surface area contributed by atoms with Crippen molar-refractivity contribution in [1.29, 1.82) is 0 Å². The second-order valence-corrected chi connectivity index (χ2v) is 8.38. The van der Waals surface area contributed by atoms with Crippen molar-refractivity contribution >= 4 is 28.6 Å². The summed E-state index contributed by atoms with van der Waals surface area (Å²) in [6.45, 7) is 0.969. The van der Waals surface area contributed by atoms with Crippen LogP contribution in [0.4, 0.5) is 10.5 Å². The monoisotopic (exact) mass is 450 g/mol. The minimum atomic E-state index is -0.735. The largest absolute Gasteiger partial charge is 0.504 e. The Labute approximate surface area is 188 Å². The van der Waals surface area contributed by atoms with Gasteiger partial charge in [0.2, 0.25) is 5.91 Å². The molecule has 3 aromatic rings. The summed E-state index contributed by atoms with van der Waals surface area (Å²) < 4.78 is 7.11. The van der Waals surface area contributed by atoms with Crippen molar-refractivity contribution in [2.45, 2.75) is 25.0 Å². The number of pyridine rings is 2. The number of benzene rings is 1. The van der Waals surface area contributed by atoms with Crippen molar-refractivity contribution < 1.29 is 24.5 Å². The van der Waals surface area contributed by atoms with E-state index in [4.69, 9.17) is 4.74 Å². The Bertz CT molecular complexity index is 1310. The van der Waals surface area contributed by atoms with Gasteiger partial charge in [-0.25, -0.2) is 4.79 Å². The van der Waals surface area contributed by atoms with Gasteiger partial charge in [-0.1, -0.05) is 0 Å². The van der Waals surface area contributed by atoms with E-state index >= 15 is 0 Å². The lowest BCUT2D eigenvalue weighted by Crippen LogP contribution is -2.49. The molecule has 2 aliphatic heterocycles. The van der Waals surface area contributed by atoms with Crippen LogP contribution in [0, 0.1) is 0 Å². The number of nitrogens with zero attached hydrogens (tertiary/aromatic N) is 4. The number of carbonyl (C=O) groups is 2. The molecular formula is C23H22N4O6. The third-order valence-corrected chi connectivity index (χ3v) is 6.36. The molecule has 2 fully saturated rings. The fourth-order valence-electron chi connectivity index (χ4n) is 4.46. The highest BCUT2D eigenvalue weighted by molar-refractivity contribution is 5.91. The molecule has 0 aliphatic carbocycles. The molecule has 0 radical (unpaired) electrons. The average Bonchev–Trinajstić information content (AvgIpc) is 3.13. The second-order valence-electron chi connectivity index (χ2n) is 8.38. The normalized spacial score (nSPS) is 17.5. The maximum atomic E-state index is 13.0. The van der Waals surface area contributed by atoms with E-state index in [9.17, 15) is 24.6 Å². The lowest BCUT2D eigenvalue weighted by Gasteiger charge is -2.37. The standard InChI is InChI=1S/C23H22N4O6/c28-18-3-2-16(11-19(18)29)27-14-23(33-22(27)32)6-9-25(10-7-23)21(31)13-26-17-12-24-8-5-15(17)1-4-20(26)30/h1-5,8,11-12,28-29H,6-7,9-10,13-14H2. The minimum Gasteiger partial charge on any atom is -0.504 e. The van der Waals surface area contributed by atoms with E-state index in [0.717, 1.165) is 5.39 Å². The predicted molar refractivity (Wildman–Crippen MR) is 118 cm³/mol. The molecule has 0 saturated carbocycles. The maximum Gasteiger partial charge on any atom is 0.415 e. The maximum absolute atomic E-state index is 13.0. The average molecular weight is 450 g/mol. The van der Waals surface area contributed by atoms with Crippen LogP contribution in [0.15, 0.2) is 53.6 Å². The van der Waals surface area contributed by atoms with Crippen LogP contribution >= 0.6 is 0 Å². The molecule has 2 aromatic heterocycles. The number of piperidine rings is 1. The Morgan fingerprint density at radius 1 is 1.06 bits per heavy atom. The summed E-state index contributed by atoms with van der Waals surface area (Å²) in [7, 11) is 0. The van der Waals surface area contributed by atoms with Crippen molar-refractivity contribution in [2.75, 3.05) is 24.5 Å². The topological polar surface area (TPSA) is 125 Å². The summed E-state index contributed by atoms with van der Waals surface area (Å²) in [4.78, 5) is 45.0. The number of carbonyl (C=O) groups excluding carboxylic acids is 2. The summed E-state index contributed by atoms with van der Waals surface area (Å²) in [6.07, 6.45) is 3.58. The van der Waals surface area contributed by atoms with Crippen molar-refractivity contribution in [3.05, 3.63) is 59.1 Å². The van der Waals surface area contributed by atoms with Crippen LogP contribution in [0.1, 0.15) is 12.8 Å². The number of hydrogen-bond donors (Lipinski definition) is 2. The van der Waals surface area contributed by atoms with Gasteiger partial charge in [-0.3, -0.25) is 24.0 Å². The van der Waals surface area contributed by atoms with E-state index in [1.807, 2.05) is 0 Å². The fraction of sp³-hybridized carbons (Fsp3) is 0.304. The van der Waals surface area contributed by atoms with Gasteiger partial charge >= 0.3 is 6.09 Å². The summed E-state index contributed by atoms with van der Waals surface area (Å²) >= 11 is 0. The lowest BCUT2D eigenvalue weighted by molar-refractivity contribution is -0.135. The second kappa shape index (κ2) is 7.80. The van der Waals surface area contributed by atoms with E-state index in [0.29, 0.717) is 37.1 Å². The van der Waals surface area contributed by atoms with Crippen LogP contribution in [-0.4, -0.2) is 61.9 Å². The molecule has 1 aromatic carbocycles. The van der Waals surface area contributed by atoms with Crippen LogP contribution in [0.25, 0.3) is 10.9 Å². The molecule has 2 aliphatic rings. The summed E-state index contributed by atoms with van der Waals surface area (Å²) in [5.41, 5.74) is 0.0236. The van der Waals surface area contributed by atoms with Gasteiger partial charge in [0.15, 0.2) is 11.5 Å². The van der Waals surface area contributed by atoms with Gasteiger partial charge in [0.1, 0.15) is 12.1 Å². The van der Waals surface area contributed by atoms with Gasteiger partial charge in [0, 0.05) is 49.6 Å². The lowest BCUT2D eigenvalue weighted by atomic mass is 9.91. The molecule has 170 valence electrons. The minimum absolute atomic E-state index is 0.0897. The third-order valence-electron chi connectivity index (χ3n) is 6.36. The Balaban J connectivity index is 1.27. The first-order chi connectivity index (χ1) is 15.8. The molecule has 0 unspecified atom stereocenters. The summed E-state index contributed by atoms with van der Waals surface area (Å²) in [5.74, 6) is -0.776. The molecule has 1 spiro atoms. The van der Waals surface area contributed by atoms with E-state index in [-0.39, 0.29) is 36.1 Å². The fourth-order valence-corrected chi connectivity index (χ4v) is 4.46. The number of amides is 2. The molecule has 2 amide bonds. The molecule has 10 heteroatoms. The van der Waals surface area contributed by atoms with Gasteiger partial charge in [-0.05, 0) is 24.3 Å². The van der Waals surface area contributed by atoms with Crippen LogP contribution < -0.4 is 10.5 Å². The quantitative estimate of drug-likeness (QED) is 0.583. The molecule has 10 nitrogen and oxygen atoms in total. The first kappa shape index (κ1) is 20.8. The van der Waals surface area contributed by atoms with Gasteiger partial charge in [0.25, 0.3) is 5.56 Å². The van der Waals surface area contributed by atoms with Crippen molar-refractivity contribution in [2.24, 2.45) is 0 Å². The van der Waals surface area contributed by atoms with E-state index < -0.39 is 11.7 Å². The number of ether oxygens (including phenoxy) is 1. The number of rotatable bonds is 3. The zero-order chi connectivity index (χ0) is 23.2. The number of anilines is 1. The predicted octanol–water partition coefficient (Wildman–Crippen LogP) is 1.83. The molecule has 0 bridgehead atoms. The Morgan fingerprint density at radius 3 is 2.61 bits per heavy atom. The van der Waals surface area contributed by atoms with Gasteiger partial charge < -0.3 is 19.8 Å². The summed E-state index contributed by atoms with van der Waals surface area (Å²) in [5, 5.41) is 20.1. The molecule has 5 rings (SSSR count). The highest BCUT2D eigenvalue weighted by atomic mass is 16.6. The Kier molecular flexibility index (Phi) is 4.92. The molecule has 2 N–H and O–H groups in total. The first-order valence-electron chi connectivity index (χ1n) is 10.6. The third kappa shape index (κ3) is 3.73. The molecule has 4 heterocycles. The van der Waals surface area contributed by atoms with Crippen molar-refractivity contribution in [3.8, 4) is 11.5 Å². The molecule has 33 heavy (non-hydrogen) atoms. The van der Waals surface area contributed by atoms with E-state index in [2.05, 4.69) is 4.98 Å². The summed E-state index contributed by atoms with van der Waals surface area (Å²) in [6, 6.07) is 9.09. The number of likely N-dealkylation sites (tertiary alicyclic amines) is 1. The Morgan fingerprint density at radius 2 is 1.85 bits per heavy atom. The molecule has 0 atom stereocenters. The smallest absolute Gasteiger partial charge is 0.415 e. The van der Waals surface area contributed by atoms with Gasteiger partial charge in [-0.15, -0.1) is 0 Å². The zero-order valence-corrected chi connectivity index (χ0v) is 17.7.